The zero-order chi connectivity index (χ0) is 8.97. The molecule has 1 N–H and O–H groups in total. The Morgan fingerprint density at radius 2 is 2.25 bits per heavy atom. The van der Waals surface area contributed by atoms with E-state index in [-0.39, 0.29) is 11.5 Å². The molecule has 0 bridgehead atoms. The number of carbonyl (C=O) groups excluding carboxylic acids is 1. The molecule has 0 aromatic heterocycles. The molecule has 12 heavy (non-hydrogen) atoms. The number of aromatic hydroxyl groups is 1. The van der Waals surface area contributed by atoms with Crippen molar-refractivity contribution in [1.29, 1.82) is 0 Å². The first-order chi connectivity index (χ1) is 5.74. The molecule has 0 aliphatic rings. The van der Waals surface area contributed by atoms with Crippen molar-refractivity contribution in [2.45, 2.75) is 6.92 Å². The van der Waals surface area contributed by atoms with E-state index in [1.165, 1.54) is 18.2 Å². The van der Waals surface area contributed by atoms with Crippen LogP contribution in [-0.2, 0) is 0 Å². The van der Waals surface area contributed by atoms with Gasteiger partial charge in [-0.05, 0) is 25.1 Å². The van der Waals surface area contributed by atoms with Crippen LogP contribution in [0.1, 0.15) is 17.3 Å². The molecule has 0 spiro atoms. The molecule has 0 aliphatic heterocycles. The van der Waals surface area contributed by atoms with E-state index in [9.17, 15) is 4.79 Å². The van der Waals surface area contributed by atoms with Gasteiger partial charge in [0.05, 0.1) is 0 Å². The number of allylic oxidation sites excluding steroid dienone is 2. The van der Waals surface area contributed by atoms with E-state index in [4.69, 9.17) is 5.11 Å². The predicted octanol–water partition coefficient (Wildman–Crippen LogP) is 2.15. The Morgan fingerprint density at radius 3 is 2.83 bits per heavy atom. The molecule has 1 aromatic rings. The smallest absolute Gasteiger partial charge is 0.185 e. The van der Waals surface area contributed by atoms with Gasteiger partial charge < -0.3 is 5.11 Å². The van der Waals surface area contributed by atoms with Crippen LogP contribution in [-0.4, -0.2) is 10.9 Å². The van der Waals surface area contributed by atoms with Gasteiger partial charge in [0.2, 0.25) is 0 Å². The molecule has 0 amide bonds. The van der Waals surface area contributed by atoms with Crippen molar-refractivity contribution < 1.29 is 9.90 Å². The first kappa shape index (κ1) is 8.53. The molecule has 2 heteroatoms. The highest BCUT2D eigenvalue weighted by Crippen LogP contribution is 2.11. The normalized spacial score (nSPS) is 10.4. The third-order valence-corrected chi connectivity index (χ3v) is 1.45. The van der Waals surface area contributed by atoms with Gasteiger partial charge in [-0.2, -0.15) is 0 Å². The zero-order valence-corrected chi connectivity index (χ0v) is 6.82. The van der Waals surface area contributed by atoms with E-state index < -0.39 is 0 Å². The maximum Gasteiger partial charge on any atom is 0.185 e. The summed E-state index contributed by atoms with van der Waals surface area (Å²) < 4.78 is 0. The first-order valence-corrected chi connectivity index (χ1v) is 3.70. The minimum Gasteiger partial charge on any atom is -0.508 e. The van der Waals surface area contributed by atoms with Crippen molar-refractivity contribution in [3.8, 4) is 5.75 Å². The van der Waals surface area contributed by atoms with E-state index in [1.807, 2.05) is 0 Å². The molecule has 0 unspecified atom stereocenters. The summed E-state index contributed by atoms with van der Waals surface area (Å²) >= 11 is 0. The molecule has 1 rings (SSSR count). The van der Waals surface area contributed by atoms with E-state index >= 15 is 0 Å². The van der Waals surface area contributed by atoms with E-state index in [2.05, 4.69) is 0 Å². The summed E-state index contributed by atoms with van der Waals surface area (Å²) in [4.78, 5) is 11.2. The van der Waals surface area contributed by atoms with Crippen molar-refractivity contribution in [1.82, 2.24) is 0 Å². The van der Waals surface area contributed by atoms with Gasteiger partial charge in [0.25, 0.3) is 0 Å². The lowest BCUT2D eigenvalue weighted by Gasteiger charge is -1.95. The highest BCUT2D eigenvalue weighted by atomic mass is 16.3. The van der Waals surface area contributed by atoms with Gasteiger partial charge in [-0.15, -0.1) is 0 Å². The van der Waals surface area contributed by atoms with Gasteiger partial charge in [0.1, 0.15) is 5.75 Å². The van der Waals surface area contributed by atoms with Crippen molar-refractivity contribution in [2.75, 3.05) is 0 Å². The van der Waals surface area contributed by atoms with Crippen molar-refractivity contribution in [3.63, 3.8) is 0 Å². The average Bonchev–Trinajstić information content (AvgIpc) is 2.05. The lowest BCUT2D eigenvalue weighted by atomic mass is 10.1. The molecule has 62 valence electrons. The van der Waals surface area contributed by atoms with Crippen LogP contribution in [0.25, 0.3) is 0 Å². The highest BCUT2D eigenvalue weighted by molar-refractivity contribution is 6.04. The summed E-state index contributed by atoms with van der Waals surface area (Å²) in [6, 6.07) is 6.29. The molecule has 0 aliphatic carbocycles. The molecule has 0 saturated heterocycles. The lowest BCUT2D eigenvalue weighted by Crippen LogP contribution is -1.92. The third-order valence-electron chi connectivity index (χ3n) is 1.45. The van der Waals surface area contributed by atoms with Crippen molar-refractivity contribution in [3.05, 3.63) is 42.0 Å². The molecule has 0 atom stereocenters. The Labute approximate surface area is 71.2 Å². The minimum absolute atomic E-state index is 0.0894. The van der Waals surface area contributed by atoms with Crippen LogP contribution in [0.4, 0.5) is 0 Å². The Hall–Kier alpha value is -1.57. The van der Waals surface area contributed by atoms with Crippen LogP contribution in [0.2, 0.25) is 0 Å². The number of benzene rings is 1. The predicted molar refractivity (Wildman–Crippen MR) is 47.3 cm³/mol. The minimum atomic E-state index is -0.0894. The maximum atomic E-state index is 11.2. The fourth-order valence-corrected chi connectivity index (χ4v) is 0.907. The van der Waals surface area contributed by atoms with Crippen LogP contribution in [0.5, 0.6) is 5.75 Å². The van der Waals surface area contributed by atoms with Gasteiger partial charge in [-0.1, -0.05) is 18.2 Å². The van der Waals surface area contributed by atoms with E-state index in [0.29, 0.717) is 5.56 Å². The fourth-order valence-electron chi connectivity index (χ4n) is 0.907. The molecule has 1 aromatic carbocycles. The second-order valence-electron chi connectivity index (χ2n) is 2.41. The van der Waals surface area contributed by atoms with Crippen LogP contribution < -0.4 is 0 Å². The standard InChI is InChI=1S/C10H10O2/c1-2-4-10(12)8-5-3-6-9(11)7-8/h2-7,11H,1H3/b4-2+. The Morgan fingerprint density at radius 1 is 1.50 bits per heavy atom. The van der Waals surface area contributed by atoms with Gasteiger partial charge >= 0.3 is 0 Å². The van der Waals surface area contributed by atoms with E-state index in [1.54, 1.807) is 25.1 Å². The van der Waals surface area contributed by atoms with Gasteiger partial charge in [-0.25, -0.2) is 0 Å². The van der Waals surface area contributed by atoms with Crippen molar-refractivity contribution >= 4 is 5.78 Å². The summed E-state index contributed by atoms with van der Waals surface area (Å²) in [5, 5.41) is 9.05. The lowest BCUT2D eigenvalue weighted by molar-refractivity contribution is 0.104. The zero-order valence-electron chi connectivity index (χ0n) is 6.82. The number of hydrogen-bond donors (Lipinski definition) is 1. The number of phenols is 1. The van der Waals surface area contributed by atoms with Gasteiger partial charge in [0.15, 0.2) is 5.78 Å². The number of phenolic OH excluding ortho intramolecular Hbond substituents is 1. The second-order valence-corrected chi connectivity index (χ2v) is 2.41. The third kappa shape index (κ3) is 1.95. The van der Waals surface area contributed by atoms with Crippen LogP contribution in [0.3, 0.4) is 0 Å². The SMILES string of the molecule is C/C=C/C(=O)c1cccc(O)c1. The summed E-state index contributed by atoms with van der Waals surface area (Å²) in [6.07, 6.45) is 3.14. The van der Waals surface area contributed by atoms with Crippen molar-refractivity contribution in [2.24, 2.45) is 0 Å². The highest BCUT2D eigenvalue weighted by Gasteiger charge is 2.00. The largest absolute Gasteiger partial charge is 0.508 e. The summed E-state index contributed by atoms with van der Waals surface area (Å²) in [7, 11) is 0. The Bertz CT molecular complexity index is 313. The maximum absolute atomic E-state index is 11.2. The summed E-state index contributed by atoms with van der Waals surface area (Å²) in [5.41, 5.74) is 0.508. The molecule has 0 radical (unpaired) electrons. The summed E-state index contributed by atoms with van der Waals surface area (Å²) in [5.74, 6) is 0.0266. The molecule has 2 nitrogen and oxygen atoms in total. The molecular formula is C10H10O2. The molecule has 0 heterocycles. The van der Waals surface area contributed by atoms with Crippen LogP contribution in [0, 0.1) is 0 Å². The average molecular weight is 162 g/mol. The fraction of sp³-hybridized carbons (Fsp3) is 0.100. The van der Waals surface area contributed by atoms with E-state index in [0.717, 1.165) is 0 Å². The number of carbonyl (C=O) groups is 1. The van der Waals surface area contributed by atoms with Gasteiger partial charge in [0, 0.05) is 5.56 Å². The quantitative estimate of drug-likeness (QED) is 0.534. The Kier molecular flexibility index (Phi) is 2.64. The monoisotopic (exact) mass is 162 g/mol. The van der Waals surface area contributed by atoms with Gasteiger partial charge in [-0.3, -0.25) is 4.79 Å². The van der Waals surface area contributed by atoms with Crippen LogP contribution >= 0.6 is 0 Å². The number of ketones is 1. The topological polar surface area (TPSA) is 37.3 Å². The molecule has 0 fully saturated rings. The Balaban J connectivity index is 2.96. The first-order valence-electron chi connectivity index (χ1n) is 3.70. The number of rotatable bonds is 2. The summed E-state index contributed by atoms with van der Waals surface area (Å²) in [6.45, 7) is 1.78. The van der Waals surface area contributed by atoms with Crippen LogP contribution in [0.15, 0.2) is 36.4 Å². The number of hydrogen-bond acceptors (Lipinski definition) is 2. The second kappa shape index (κ2) is 3.72. The molecular weight excluding hydrogens is 152 g/mol. The molecule has 0 saturated carbocycles.